The van der Waals surface area contributed by atoms with E-state index in [9.17, 15) is 38.7 Å². The number of carboxylic acid groups (broad SMARTS) is 1. The zero-order valence-corrected chi connectivity index (χ0v) is 23.0. The summed E-state index contributed by atoms with van der Waals surface area (Å²) in [7, 11) is 0. The van der Waals surface area contributed by atoms with Gasteiger partial charge in [0.2, 0.25) is 34.7 Å². The maximum absolute atomic E-state index is 12.6. The molecule has 0 unspecified atom stereocenters. The number of thioether (sulfide) groups is 2. The molecule has 0 aromatic carbocycles. The lowest BCUT2D eigenvalue weighted by Gasteiger charge is -2.24. The molecule has 0 radical (unpaired) electrons. The molecule has 0 aliphatic carbocycles. The maximum atomic E-state index is 12.6. The van der Waals surface area contributed by atoms with Crippen LogP contribution in [0.15, 0.2) is 0 Å². The zero-order chi connectivity index (χ0) is 29.4. The summed E-state index contributed by atoms with van der Waals surface area (Å²) >= 11 is 2.11. The summed E-state index contributed by atoms with van der Waals surface area (Å²) in [6, 6.07) is -4.95. The molecule has 0 aliphatic rings. The highest BCUT2D eigenvalue weighted by Gasteiger charge is 2.30. The van der Waals surface area contributed by atoms with Crippen LogP contribution in [0.4, 0.5) is 0 Å². The number of hydrogen-bond acceptors (Lipinski definition) is 11. The molecule has 0 aromatic heterocycles. The normalized spacial score (nSPS) is 14.7. The number of nitrogens with two attached hydrogens (primary N) is 2. The Labute approximate surface area is 228 Å². The molecule has 17 heteroatoms. The van der Waals surface area contributed by atoms with Gasteiger partial charge in [-0.15, -0.1) is 0 Å². The fourth-order valence-electron chi connectivity index (χ4n) is 2.70. The van der Waals surface area contributed by atoms with Crippen LogP contribution in [0, 0.1) is 0 Å². The molecule has 0 fully saturated rings. The van der Waals surface area contributed by atoms with E-state index in [1.54, 1.807) is 0 Å². The van der Waals surface area contributed by atoms with Crippen LogP contribution in [-0.2, 0) is 33.6 Å². The Morgan fingerprint density at radius 2 is 1.55 bits per heavy atom. The maximum Gasteiger partial charge on any atom is 0.304 e. The number of aliphatic carboxylic acids is 1. The number of rotatable bonds is 18. The summed E-state index contributed by atoms with van der Waals surface area (Å²) in [5.74, 6) is -4.63. The molecule has 38 heavy (non-hydrogen) atoms. The van der Waals surface area contributed by atoms with E-state index in [0.29, 0.717) is 23.9 Å². The standard InChI is InChI=1S/C21H36N6O9S2/c1-10(18(33)26-13(8-14(23)29)21(36)38-7-5-16(31)32)25-20(35)17(11(2)28)27-15(30)9-24-19(34)12(22)4-6-37-3/h10-13,17,28H,4-9,22H2,1-3H3,(H2,23,29)(H,24,34)(H,25,35)(H,26,33)(H,27,30)(H,31,32)/t10-,11+,12-,13-,17-/m0/s1. The number of amides is 5. The van der Waals surface area contributed by atoms with Crippen molar-refractivity contribution in [2.45, 2.75) is 63.4 Å². The number of carbonyl (C=O) groups excluding carboxylic acids is 6. The van der Waals surface area contributed by atoms with Crippen molar-refractivity contribution in [2.24, 2.45) is 11.5 Å². The van der Waals surface area contributed by atoms with E-state index in [1.165, 1.54) is 25.6 Å². The van der Waals surface area contributed by atoms with Crippen LogP contribution in [0.1, 0.15) is 33.1 Å². The van der Waals surface area contributed by atoms with E-state index in [-0.39, 0.29) is 12.2 Å². The number of hydrogen-bond donors (Lipinski definition) is 8. The Morgan fingerprint density at radius 3 is 2.08 bits per heavy atom. The van der Waals surface area contributed by atoms with E-state index >= 15 is 0 Å². The van der Waals surface area contributed by atoms with Crippen molar-refractivity contribution in [3.63, 3.8) is 0 Å². The summed E-state index contributed by atoms with van der Waals surface area (Å²) in [4.78, 5) is 83.6. The van der Waals surface area contributed by atoms with Gasteiger partial charge < -0.3 is 42.9 Å². The first-order valence-electron chi connectivity index (χ1n) is 11.5. The summed E-state index contributed by atoms with van der Waals surface area (Å²) in [5, 5.41) is 27.1. The van der Waals surface area contributed by atoms with Gasteiger partial charge in [-0.1, -0.05) is 11.8 Å². The smallest absolute Gasteiger partial charge is 0.304 e. The second-order valence-corrected chi connectivity index (χ2v) is 10.2. The molecule has 0 aliphatic heterocycles. The highest BCUT2D eigenvalue weighted by molar-refractivity contribution is 8.13. The molecule has 0 saturated carbocycles. The minimum absolute atomic E-state index is 0.0917. The van der Waals surface area contributed by atoms with Crippen LogP contribution >= 0.6 is 23.5 Å². The lowest BCUT2D eigenvalue weighted by atomic mass is 10.1. The van der Waals surface area contributed by atoms with Gasteiger partial charge >= 0.3 is 5.97 Å². The summed E-state index contributed by atoms with van der Waals surface area (Å²) in [6.45, 7) is 1.98. The van der Waals surface area contributed by atoms with E-state index in [2.05, 4.69) is 21.3 Å². The van der Waals surface area contributed by atoms with Crippen LogP contribution in [0.5, 0.6) is 0 Å². The monoisotopic (exact) mass is 580 g/mol. The molecular weight excluding hydrogens is 544 g/mol. The number of carboxylic acids is 1. The third kappa shape index (κ3) is 14.7. The molecule has 5 atom stereocenters. The number of aliphatic hydroxyl groups is 1. The molecule has 0 bridgehead atoms. The van der Waals surface area contributed by atoms with Crippen LogP contribution in [0.25, 0.3) is 0 Å². The fraction of sp³-hybridized carbons (Fsp3) is 0.667. The van der Waals surface area contributed by atoms with Crippen molar-refractivity contribution < 1.29 is 43.8 Å². The van der Waals surface area contributed by atoms with Crippen LogP contribution in [-0.4, -0.2) is 105 Å². The van der Waals surface area contributed by atoms with Gasteiger partial charge in [0.15, 0.2) is 0 Å². The summed E-state index contributed by atoms with van der Waals surface area (Å²) in [6.07, 6.45) is 0.00187. The van der Waals surface area contributed by atoms with E-state index in [0.717, 1.165) is 0 Å². The molecular formula is C21H36N6O9S2. The first kappa shape index (κ1) is 35.1. The molecule has 0 aromatic rings. The van der Waals surface area contributed by atoms with Crippen molar-refractivity contribution in [3.8, 4) is 0 Å². The predicted molar refractivity (Wildman–Crippen MR) is 141 cm³/mol. The summed E-state index contributed by atoms with van der Waals surface area (Å²) in [5.41, 5.74) is 10.8. The Bertz CT molecular complexity index is 874. The minimum Gasteiger partial charge on any atom is -0.481 e. The number of carbonyl (C=O) groups is 7. The number of aliphatic hydroxyl groups excluding tert-OH is 1. The molecule has 10 N–H and O–H groups in total. The van der Waals surface area contributed by atoms with E-state index < -0.39 is 83.9 Å². The van der Waals surface area contributed by atoms with Gasteiger partial charge in [0.1, 0.15) is 18.1 Å². The third-order valence-electron chi connectivity index (χ3n) is 4.79. The predicted octanol–water partition coefficient (Wildman–Crippen LogP) is -3.35. The van der Waals surface area contributed by atoms with E-state index in [4.69, 9.17) is 16.6 Å². The highest BCUT2D eigenvalue weighted by atomic mass is 32.2. The molecule has 5 amide bonds. The zero-order valence-electron chi connectivity index (χ0n) is 21.4. The summed E-state index contributed by atoms with van der Waals surface area (Å²) < 4.78 is 0. The Hall–Kier alpha value is -2.89. The fourth-order valence-corrected chi connectivity index (χ4v) is 4.01. The van der Waals surface area contributed by atoms with Crippen LogP contribution in [0.3, 0.4) is 0 Å². The first-order chi connectivity index (χ1) is 17.7. The van der Waals surface area contributed by atoms with Gasteiger partial charge in [0, 0.05) is 5.75 Å². The van der Waals surface area contributed by atoms with E-state index in [1.807, 2.05) is 6.26 Å². The van der Waals surface area contributed by atoms with Gasteiger partial charge in [-0.2, -0.15) is 11.8 Å². The quantitative estimate of drug-likeness (QED) is 0.0791. The van der Waals surface area contributed by atoms with Crippen molar-refractivity contribution >= 4 is 64.1 Å². The van der Waals surface area contributed by atoms with Gasteiger partial charge in [-0.3, -0.25) is 33.6 Å². The van der Waals surface area contributed by atoms with Crippen molar-refractivity contribution in [2.75, 3.05) is 24.3 Å². The molecule has 216 valence electrons. The molecule has 15 nitrogen and oxygen atoms in total. The topological polar surface area (TPSA) is 260 Å². The second-order valence-electron chi connectivity index (χ2n) is 8.16. The van der Waals surface area contributed by atoms with Gasteiger partial charge in [-0.25, -0.2) is 0 Å². The lowest BCUT2D eigenvalue weighted by molar-refractivity contribution is -0.136. The third-order valence-corrected chi connectivity index (χ3v) is 6.41. The average Bonchev–Trinajstić information content (AvgIpc) is 2.82. The first-order valence-corrected chi connectivity index (χ1v) is 13.8. The largest absolute Gasteiger partial charge is 0.481 e. The molecule has 0 saturated heterocycles. The van der Waals surface area contributed by atoms with Gasteiger partial charge in [0.25, 0.3) is 0 Å². The second kappa shape index (κ2) is 18.4. The van der Waals surface area contributed by atoms with Gasteiger partial charge in [0.05, 0.1) is 31.5 Å². The number of nitrogens with one attached hydrogen (secondary N) is 4. The lowest BCUT2D eigenvalue weighted by Crippen LogP contribution is -2.58. The Kier molecular flexibility index (Phi) is 17.0. The van der Waals surface area contributed by atoms with Crippen molar-refractivity contribution in [3.05, 3.63) is 0 Å². The van der Waals surface area contributed by atoms with Gasteiger partial charge in [-0.05, 0) is 32.3 Å². The molecule has 0 heterocycles. The SMILES string of the molecule is CSCC[C@H](N)C(=O)NCC(=O)N[C@H](C(=O)N[C@@H](C)C(=O)N[C@@H](CC(N)=O)C(=O)SCCC(=O)O)[C@@H](C)O. The van der Waals surface area contributed by atoms with Crippen LogP contribution in [0.2, 0.25) is 0 Å². The average molecular weight is 581 g/mol. The Balaban J connectivity index is 5.02. The number of primary amides is 1. The van der Waals surface area contributed by atoms with Crippen LogP contribution < -0.4 is 32.7 Å². The minimum atomic E-state index is -1.49. The van der Waals surface area contributed by atoms with Crippen molar-refractivity contribution in [1.82, 2.24) is 21.3 Å². The highest BCUT2D eigenvalue weighted by Crippen LogP contribution is 2.10. The molecule has 0 rings (SSSR count). The van der Waals surface area contributed by atoms with Crippen molar-refractivity contribution in [1.29, 1.82) is 0 Å². The Morgan fingerprint density at radius 1 is 0.921 bits per heavy atom. The molecule has 0 spiro atoms.